The molecular formula is C16H28N4OS. The van der Waals surface area contributed by atoms with Gasteiger partial charge in [0.2, 0.25) is 0 Å². The maximum absolute atomic E-state index is 12.2. The van der Waals surface area contributed by atoms with E-state index in [-0.39, 0.29) is 12.1 Å². The largest absolute Gasteiger partial charge is 0.361 e. The van der Waals surface area contributed by atoms with Gasteiger partial charge in [0.1, 0.15) is 0 Å². The van der Waals surface area contributed by atoms with E-state index in [9.17, 15) is 4.79 Å². The number of rotatable bonds is 4. The zero-order valence-corrected chi connectivity index (χ0v) is 14.5. The summed E-state index contributed by atoms with van der Waals surface area (Å²) in [6.07, 6.45) is 9.45. The Morgan fingerprint density at radius 2 is 2.05 bits per heavy atom. The lowest BCUT2D eigenvalue weighted by Crippen LogP contribution is -2.53. The highest BCUT2D eigenvalue weighted by Crippen LogP contribution is 2.19. The number of carbonyl (C=O) groups excluding carboxylic acids is 1. The van der Waals surface area contributed by atoms with Crippen LogP contribution < -0.4 is 10.6 Å². The molecule has 0 aromatic heterocycles. The van der Waals surface area contributed by atoms with E-state index in [2.05, 4.69) is 16.7 Å². The molecule has 0 saturated carbocycles. The summed E-state index contributed by atoms with van der Waals surface area (Å²) in [6.45, 7) is 6.31. The van der Waals surface area contributed by atoms with Gasteiger partial charge in [-0.1, -0.05) is 11.6 Å². The van der Waals surface area contributed by atoms with Gasteiger partial charge in [-0.15, -0.1) is 0 Å². The standard InChI is InChI=1S/C16H28N4OS/c1-13(2)18-15(21)19-11-6-12-20(19)16(22)17-10-9-14-7-4-3-5-8-14/h7,13H,3-6,8-12H2,1-2H3,(H,17,22)(H,18,21). The number of nitrogens with one attached hydrogen (secondary N) is 2. The minimum atomic E-state index is -0.0633. The normalized spacial score (nSPS) is 18.4. The molecule has 1 saturated heterocycles. The number of thiocarbonyl (C=S) groups is 1. The lowest BCUT2D eigenvalue weighted by atomic mass is 9.97. The molecule has 0 radical (unpaired) electrons. The number of hydrogen-bond donors (Lipinski definition) is 2. The minimum absolute atomic E-state index is 0.0633. The molecule has 6 heteroatoms. The van der Waals surface area contributed by atoms with Gasteiger partial charge in [-0.25, -0.2) is 9.80 Å². The number of amides is 2. The molecule has 124 valence electrons. The van der Waals surface area contributed by atoms with Crippen LogP contribution in [0.25, 0.3) is 0 Å². The van der Waals surface area contributed by atoms with Gasteiger partial charge in [-0.3, -0.25) is 5.01 Å². The number of hydrazine groups is 1. The third-order valence-corrected chi connectivity index (χ3v) is 4.37. The zero-order valence-electron chi connectivity index (χ0n) is 13.7. The Bertz CT molecular complexity index is 436. The van der Waals surface area contributed by atoms with E-state index in [1.165, 1.54) is 31.3 Å². The van der Waals surface area contributed by atoms with Crippen molar-refractivity contribution in [3.05, 3.63) is 11.6 Å². The van der Waals surface area contributed by atoms with Crippen LogP contribution in [-0.2, 0) is 0 Å². The van der Waals surface area contributed by atoms with Crippen LogP contribution in [0, 0.1) is 0 Å². The lowest BCUT2D eigenvalue weighted by molar-refractivity contribution is 0.122. The molecule has 0 unspecified atom stereocenters. The number of carbonyl (C=O) groups is 1. The van der Waals surface area contributed by atoms with E-state index < -0.39 is 0 Å². The van der Waals surface area contributed by atoms with Crippen molar-refractivity contribution in [2.45, 2.75) is 58.4 Å². The van der Waals surface area contributed by atoms with Crippen LogP contribution in [0.2, 0.25) is 0 Å². The van der Waals surface area contributed by atoms with Crippen molar-refractivity contribution in [2.24, 2.45) is 0 Å². The van der Waals surface area contributed by atoms with Crippen LogP contribution in [0.5, 0.6) is 0 Å². The van der Waals surface area contributed by atoms with Gasteiger partial charge in [0.25, 0.3) is 0 Å². The summed E-state index contributed by atoms with van der Waals surface area (Å²) < 4.78 is 0. The Morgan fingerprint density at radius 3 is 2.73 bits per heavy atom. The topological polar surface area (TPSA) is 47.6 Å². The molecule has 2 amide bonds. The first-order valence-corrected chi connectivity index (χ1v) is 8.80. The first-order valence-electron chi connectivity index (χ1n) is 8.39. The Kier molecular flexibility index (Phi) is 6.49. The van der Waals surface area contributed by atoms with Gasteiger partial charge in [0.15, 0.2) is 5.11 Å². The van der Waals surface area contributed by atoms with E-state index in [4.69, 9.17) is 12.2 Å². The molecular weight excluding hydrogens is 296 g/mol. The first kappa shape index (κ1) is 17.1. The fourth-order valence-electron chi connectivity index (χ4n) is 2.91. The minimum Gasteiger partial charge on any atom is -0.361 e. The summed E-state index contributed by atoms with van der Waals surface area (Å²) in [5, 5.41) is 10.5. The van der Waals surface area contributed by atoms with Gasteiger partial charge in [0.05, 0.1) is 0 Å². The summed E-state index contributed by atoms with van der Waals surface area (Å²) in [4.78, 5) is 12.2. The van der Waals surface area contributed by atoms with Crippen LogP contribution in [0.4, 0.5) is 4.79 Å². The van der Waals surface area contributed by atoms with Gasteiger partial charge in [0, 0.05) is 25.7 Å². The molecule has 0 spiro atoms. The summed E-state index contributed by atoms with van der Waals surface area (Å²) in [7, 11) is 0. The van der Waals surface area contributed by atoms with Crippen LogP contribution >= 0.6 is 12.2 Å². The van der Waals surface area contributed by atoms with Gasteiger partial charge in [-0.2, -0.15) is 0 Å². The Morgan fingerprint density at radius 1 is 1.27 bits per heavy atom. The predicted molar refractivity (Wildman–Crippen MR) is 93.5 cm³/mol. The van der Waals surface area contributed by atoms with E-state index in [0.29, 0.717) is 5.11 Å². The monoisotopic (exact) mass is 324 g/mol. The second-order valence-corrected chi connectivity index (χ2v) is 6.68. The number of urea groups is 1. The van der Waals surface area contributed by atoms with Crippen molar-refractivity contribution in [3.8, 4) is 0 Å². The Balaban J connectivity index is 1.78. The van der Waals surface area contributed by atoms with Crippen molar-refractivity contribution >= 4 is 23.4 Å². The molecule has 0 aromatic carbocycles. The van der Waals surface area contributed by atoms with E-state index in [1.807, 2.05) is 18.9 Å². The molecule has 0 atom stereocenters. The highest BCUT2D eigenvalue weighted by atomic mass is 32.1. The molecule has 1 aliphatic heterocycles. The van der Waals surface area contributed by atoms with Crippen LogP contribution in [-0.4, -0.2) is 46.8 Å². The Hall–Kier alpha value is -1.30. The quantitative estimate of drug-likeness (QED) is 0.617. The summed E-state index contributed by atoms with van der Waals surface area (Å²) in [5.74, 6) is 0. The maximum Gasteiger partial charge on any atom is 0.336 e. The van der Waals surface area contributed by atoms with Gasteiger partial charge >= 0.3 is 6.03 Å². The molecule has 5 nitrogen and oxygen atoms in total. The maximum atomic E-state index is 12.2. The summed E-state index contributed by atoms with van der Waals surface area (Å²) in [5.41, 5.74) is 1.54. The van der Waals surface area contributed by atoms with Crippen molar-refractivity contribution in [1.82, 2.24) is 20.7 Å². The van der Waals surface area contributed by atoms with E-state index in [0.717, 1.165) is 32.5 Å². The third-order valence-electron chi connectivity index (χ3n) is 4.02. The summed E-state index contributed by atoms with van der Waals surface area (Å²) in [6, 6.07) is 0.0707. The number of hydrogen-bond acceptors (Lipinski definition) is 2. The van der Waals surface area contributed by atoms with Crippen LogP contribution in [0.1, 0.15) is 52.4 Å². The third kappa shape index (κ3) is 4.87. The smallest absolute Gasteiger partial charge is 0.336 e. The Labute approximate surface area is 139 Å². The highest BCUT2D eigenvalue weighted by molar-refractivity contribution is 7.80. The van der Waals surface area contributed by atoms with Crippen molar-refractivity contribution in [3.63, 3.8) is 0 Å². The molecule has 0 aromatic rings. The van der Waals surface area contributed by atoms with E-state index >= 15 is 0 Å². The van der Waals surface area contributed by atoms with Gasteiger partial charge in [-0.05, 0) is 64.6 Å². The zero-order chi connectivity index (χ0) is 15.9. The molecule has 2 N–H and O–H groups in total. The second kappa shape index (κ2) is 8.36. The highest BCUT2D eigenvalue weighted by Gasteiger charge is 2.28. The van der Waals surface area contributed by atoms with E-state index in [1.54, 1.807) is 5.01 Å². The molecule has 2 aliphatic rings. The fourth-order valence-corrected chi connectivity index (χ4v) is 3.20. The number of allylic oxidation sites excluding steroid dienone is 1. The first-order chi connectivity index (χ1) is 10.6. The molecule has 22 heavy (non-hydrogen) atoms. The molecule has 1 heterocycles. The lowest BCUT2D eigenvalue weighted by Gasteiger charge is -2.31. The average molecular weight is 324 g/mol. The van der Waals surface area contributed by atoms with Crippen molar-refractivity contribution < 1.29 is 4.79 Å². The molecule has 1 aliphatic carbocycles. The fraction of sp³-hybridized carbons (Fsp3) is 0.750. The number of nitrogens with zero attached hydrogens (tertiary/aromatic N) is 2. The predicted octanol–water partition coefficient (Wildman–Crippen LogP) is 2.79. The summed E-state index contributed by atoms with van der Waals surface area (Å²) >= 11 is 5.46. The second-order valence-electron chi connectivity index (χ2n) is 6.29. The van der Waals surface area contributed by atoms with Gasteiger partial charge < -0.3 is 10.6 Å². The van der Waals surface area contributed by atoms with Crippen LogP contribution in [0.15, 0.2) is 11.6 Å². The van der Waals surface area contributed by atoms with Crippen molar-refractivity contribution in [2.75, 3.05) is 19.6 Å². The molecule has 1 fully saturated rings. The SMILES string of the molecule is CC(C)NC(=O)N1CCCN1C(=S)NCCC1=CCCCC1. The molecule has 0 bridgehead atoms. The van der Waals surface area contributed by atoms with Crippen LogP contribution in [0.3, 0.4) is 0 Å². The molecule has 2 rings (SSSR count). The average Bonchev–Trinajstić information content (AvgIpc) is 2.97. The van der Waals surface area contributed by atoms with Crippen molar-refractivity contribution in [1.29, 1.82) is 0 Å².